The summed E-state index contributed by atoms with van der Waals surface area (Å²) in [5.41, 5.74) is 0.943. The average molecular weight is 144 g/mol. The van der Waals surface area contributed by atoms with Crippen LogP contribution < -0.4 is 4.57 Å². The largest absolute Gasteiger partial charge is 0.287 e. The molecule has 0 amide bonds. The molecule has 0 spiro atoms. The Morgan fingerprint density at radius 3 is 2.78 bits per heavy atom. The molecule has 1 heterocycles. The van der Waals surface area contributed by atoms with Gasteiger partial charge in [0, 0.05) is 13.0 Å². The first kappa shape index (κ1) is 6.49. The van der Waals surface area contributed by atoms with Crippen LogP contribution >= 0.6 is 11.6 Å². The van der Waals surface area contributed by atoms with Gasteiger partial charge in [-0.25, -0.2) is 4.57 Å². The van der Waals surface area contributed by atoms with E-state index in [0.29, 0.717) is 5.15 Å². The molecular formula is C6H8ClN2+. The number of aromatic nitrogens is 2. The van der Waals surface area contributed by atoms with Crippen molar-refractivity contribution in [1.82, 2.24) is 4.98 Å². The van der Waals surface area contributed by atoms with E-state index in [1.165, 1.54) is 0 Å². The SMILES string of the molecule is Cc1cc(Cl)[n+](C)cn1. The molecule has 9 heavy (non-hydrogen) atoms. The summed E-state index contributed by atoms with van der Waals surface area (Å²) >= 11 is 5.74. The monoisotopic (exact) mass is 143 g/mol. The van der Waals surface area contributed by atoms with Crippen molar-refractivity contribution in [2.24, 2.45) is 7.05 Å². The van der Waals surface area contributed by atoms with Crippen molar-refractivity contribution in [3.63, 3.8) is 0 Å². The molecule has 3 heteroatoms. The third-order valence-electron chi connectivity index (χ3n) is 1.10. The highest BCUT2D eigenvalue weighted by molar-refractivity contribution is 6.28. The minimum absolute atomic E-state index is 0.711. The molecule has 0 saturated carbocycles. The third-order valence-corrected chi connectivity index (χ3v) is 1.48. The predicted molar refractivity (Wildman–Crippen MR) is 35.2 cm³/mol. The molecule has 0 saturated heterocycles. The van der Waals surface area contributed by atoms with Crippen molar-refractivity contribution < 1.29 is 4.57 Å². The van der Waals surface area contributed by atoms with Crippen molar-refractivity contribution in [2.75, 3.05) is 0 Å². The van der Waals surface area contributed by atoms with E-state index in [1.807, 2.05) is 20.0 Å². The lowest BCUT2D eigenvalue weighted by atomic mass is 10.5. The van der Waals surface area contributed by atoms with Gasteiger partial charge in [0.1, 0.15) is 0 Å². The molecule has 1 aromatic heterocycles. The van der Waals surface area contributed by atoms with Gasteiger partial charge >= 0.3 is 0 Å². The Morgan fingerprint density at radius 1 is 1.67 bits per heavy atom. The molecule has 0 atom stereocenters. The van der Waals surface area contributed by atoms with E-state index in [-0.39, 0.29) is 0 Å². The summed E-state index contributed by atoms with van der Waals surface area (Å²) in [7, 11) is 1.86. The van der Waals surface area contributed by atoms with Crippen LogP contribution in [0, 0.1) is 6.92 Å². The van der Waals surface area contributed by atoms with Crippen LogP contribution in [0.15, 0.2) is 12.4 Å². The van der Waals surface area contributed by atoms with Crippen molar-refractivity contribution in [1.29, 1.82) is 0 Å². The average Bonchev–Trinajstić information content (AvgIpc) is 1.80. The highest BCUT2D eigenvalue weighted by Crippen LogP contribution is 1.99. The molecule has 0 aromatic carbocycles. The Morgan fingerprint density at radius 2 is 2.33 bits per heavy atom. The molecule has 0 fully saturated rings. The summed E-state index contributed by atoms with van der Waals surface area (Å²) in [5, 5.41) is 0.711. The molecule has 0 aliphatic heterocycles. The molecule has 0 radical (unpaired) electrons. The van der Waals surface area contributed by atoms with Crippen molar-refractivity contribution in [3.05, 3.63) is 23.2 Å². The van der Waals surface area contributed by atoms with Gasteiger partial charge in [-0.15, -0.1) is 0 Å². The Balaban J connectivity index is 3.17. The van der Waals surface area contributed by atoms with Gasteiger partial charge in [0.2, 0.25) is 0 Å². The Kier molecular flexibility index (Phi) is 1.67. The minimum atomic E-state index is 0.711. The quantitative estimate of drug-likeness (QED) is 0.389. The van der Waals surface area contributed by atoms with Gasteiger partial charge in [-0.1, -0.05) is 4.98 Å². The van der Waals surface area contributed by atoms with Crippen LogP contribution in [-0.4, -0.2) is 4.98 Å². The molecule has 1 rings (SSSR count). The molecule has 0 aliphatic carbocycles. The highest BCUT2D eigenvalue weighted by Gasteiger charge is 2.00. The van der Waals surface area contributed by atoms with Gasteiger partial charge < -0.3 is 0 Å². The highest BCUT2D eigenvalue weighted by atomic mass is 35.5. The maximum absolute atomic E-state index is 5.74. The molecule has 2 nitrogen and oxygen atoms in total. The van der Waals surface area contributed by atoms with E-state index in [9.17, 15) is 0 Å². The van der Waals surface area contributed by atoms with Crippen LogP contribution in [0.3, 0.4) is 0 Å². The summed E-state index contributed by atoms with van der Waals surface area (Å²) in [6.07, 6.45) is 1.69. The van der Waals surface area contributed by atoms with E-state index >= 15 is 0 Å². The van der Waals surface area contributed by atoms with Crippen LogP contribution in [0.25, 0.3) is 0 Å². The van der Waals surface area contributed by atoms with Crippen molar-refractivity contribution >= 4 is 11.6 Å². The normalized spacial score (nSPS) is 9.67. The van der Waals surface area contributed by atoms with Gasteiger partial charge in [-0.05, 0) is 11.6 Å². The van der Waals surface area contributed by atoms with Crippen LogP contribution in [0.1, 0.15) is 5.69 Å². The lowest BCUT2D eigenvalue weighted by Crippen LogP contribution is -2.29. The number of aryl methyl sites for hydroxylation is 2. The maximum atomic E-state index is 5.74. The van der Waals surface area contributed by atoms with Crippen molar-refractivity contribution in [3.8, 4) is 0 Å². The van der Waals surface area contributed by atoms with Crippen LogP contribution in [-0.2, 0) is 7.05 Å². The number of hydrogen-bond donors (Lipinski definition) is 0. The van der Waals surface area contributed by atoms with Crippen LogP contribution in [0.4, 0.5) is 0 Å². The lowest BCUT2D eigenvalue weighted by molar-refractivity contribution is -0.672. The number of rotatable bonds is 0. The van der Waals surface area contributed by atoms with Gasteiger partial charge in [-0.2, -0.15) is 0 Å². The standard InChI is InChI=1S/C6H8ClN2/c1-5-3-6(7)9(2)4-8-5/h3-4H,1-2H3/q+1. The first-order valence-electron chi connectivity index (χ1n) is 2.68. The Labute approximate surface area is 59.1 Å². The van der Waals surface area contributed by atoms with Gasteiger partial charge in [-0.3, -0.25) is 0 Å². The molecule has 0 N–H and O–H groups in total. The maximum Gasteiger partial charge on any atom is 0.287 e. The summed E-state index contributed by atoms with van der Waals surface area (Å²) in [6, 6.07) is 1.82. The predicted octanol–water partition coefficient (Wildman–Crippen LogP) is 0.868. The summed E-state index contributed by atoms with van der Waals surface area (Å²) in [5.74, 6) is 0. The second-order valence-electron chi connectivity index (χ2n) is 1.96. The zero-order valence-electron chi connectivity index (χ0n) is 5.43. The molecule has 1 aromatic rings. The minimum Gasteiger partial charge on any atom is -0.223 e. The van der Waals surface area contributed by atoms with Crippen LogP contribution in [0.5, 0.6) is 0 Å². The third kappa shape index (κ3) is 1.39. The zero-order valence-corrected chi connectivity index (χ0v) is 6.18. The van der Waals surface area contributed by atoms with E-state index < -0.39 is 0 Å². The summed E-state index contributed by atoms with van der Waals surface area (Å²) in [6.45, 7) is 1.91. The molecule has 0 bridgehead atoms. The van der Waals surface area contributed by atoms with E-state index in [0.717, 1.165) is 5.69 Å². The summed E-state index contributed by atoms with van der Waals surface area (Å²) < 4.78 is 1.76. The zero-order chi connectivity index (χ0) is 6.85. The van der Waals surface area contributed by atoms with Gasteiger partial charge in [0.05, 0.1) is 7.05 Å². The van der Waals surface area contributed by atoms with Crippen molar-refractivity contribution in [2.45, 2.75) is 6.92 Å². The lowest BCUT2D eigenvalue weighted by Gasteiger charge is -1.89. The first-order valence-corrected chi connectivity index (χ1v) is 3.06. The number of nitrogens with zero attached hydrogens (tertiary/aromatic N) is 2. The Bertz CT molecular complexity index is 222. The fraction of sp³-hybridized carbons (Fsp3) is 0.333. The van der Waals surface area contributed by atoms with Crippen LogP contribution in [0.2, 0.25) is 5.15 Å². The van der Waals surface area contributed by atoms with E-state index in [4.69, 9.17) is 11.6 Å². The van der Waals surface area contributed by atoms with E-state index in [2.05, 4.69) is 4.98 Å². The fourth-order valence-electron chi connectivity index (χ4n) is 0.544. The van der Waals surface area contributed by atoms with Gasteiger partial charge in [0.15, 0.2) is 10.8 Å². The molecule has 0 unspecified atom stereocenters. The second-order valence-corrected chi connectivity index (χ2v) is 2.35. The molecule has 0 aliphatic rings. The van der Waals surface area contributed by atoms with E-state index in [1.54, 1.807) is 10.9 Å². The van der Waals surface area contributed by atoms with Gasteiger partial charge in [0.25, 0.3) is 6.33 Å². The smallest absolute Gasteiger partial charge is 0.223 e. The molecule has 48 valence electrons. The number of halogens is 1. The second kappa shape index (κ2) is 2.31. The first-order chi connectivity index (χ1) is 4.20. The Hall–Kier alpha value is -0.630. The number of hydrogen-bond acceptors (Lipinski definition) is 1. The fourth-order valence-corrected chi connectivity index (χ4v) is 0.746. The molecular weight excluding hydrogens is 136 g/mol. The topological polar surface area (TPSA) is 16.8 Å². The summed E-state index contributed by atoms with van der Waals surface area (Å²) in [4.78, 5) is 4.02.